The van der Waals surface area contributed by atoms with Crippen LogP contribution in [0.4, 0.5) is 13.2 Å². The summed E-state index contributed by atoms with van der Waals surface area (Å²) in [6.45, 7) is 10.8. The number of allylic oxidation sites excluding steroid dienone is 2. The van der Waals surface area contributed by atoms with Gasteiger partial charge in [0.15, 0.2) is 5.78 Å². The molecule has 32 heavy (non-hydrogen) atoms. The molecule has 0 saturated heterocycles. The van der Waals surface area contributed by atoms with Gasteiger partial charge in [-0.2, -0.15) is 26.7 Å². The molecule has 6 nitrogen and oxygen atoms in total. The third-order valence-electron chi connectivity index (χ3n) is 4.83. The van der Waals surface area contributed by atoms with Gasteiger partial charge in [-0.3, -0.25) is 4.79 Å². The summed E-state index contributed by atoms with van der Waals surface area (Å²) in [6, 6.07) is 2.94. The first kappa shape index (κ1) is 25.9. The van der Waals surface area contributed by atoms with Crippen LogP contribution in [0.5, 0.6) is 5.88 Å². The molecule has 0 radical (unpaired) electrons. The Morgan fingerprint density at radius 3 is 2.28 bits per heavy atom. The second-order valence-electron chi connectivity index (χ2n) is 7.97. The van der Waals surface area contributed by atoms with E-state index in [1.807, 2.05) is 20.8 Å². The first-order chi connectivity index (χ1) is 14.6. The lowest BCUT2D eigenvalue weighted by Crippen LogP contribution is -2.29. The summed E-state index contributed by atoms with van der Waals surface area (Å²) in [5.74, 6) is -1.63. The minimum Gasteiger partial charge on any atom is -0.355 e. The number of hydrogen-bond acceptors (Lipinski definition) is 5. The van der Waals surface area contributed by atoms with Gasteiger partial charge in [0.2, 0.25) is 5.88 Å². The lowest BCUT2D eigenvalue weighted by atomic mass is 9.92. The molecule has 0 saturated carbocycles. The van der Waals surface area contributed by atoms with Gasteiger partial charge in [-0.25, -0.2) is 4.68 Å². The van der Waals surface area contributed by atoms with Crippen molar-refractivity contribution in [1.82, 2.24) is 9.78 Å². The third-order valence-corrected chi connectivity index (χ3v) is 6.09. The molecular formula is C21H24ClF3N2O4S. The van der Waals surface area contributed by atoms with E-state index >= 15 is 0 Å². The Kier molecular flexibility index (Phi) is 7.51. The number of aromatic nitrogens is 2. The molecule has 176 valence electrons. The topological polar surface area (TPSA) is 78.3 Å². The SMILES string of the molecule is CC(C)=C(C)c1c(Cl)ccc(C(=O)c2cnn(CC(C)C)c2OS(=O)(=O)C(F)(F)F)c1C. The summed E-state index contributed by atoms with van der Waals surface area (Å²) in [5.41, 5.74) is -2.99. The Balaban J connectivity index is 2.69. The molecule has 0 bridgehead atoms. The lowest BCUT2D eigenvalue weighted by molar-refractivity contribution is -0.0503. The van der Waals surface area contributed by atoms with Crippen molar-refractivity contribution in [3.63, 3.8) is 0 Å². The van der Waals surface area contributed by atoms with E-state index in [-0.39, 0.29) is 18.0 Å². The zero-order chi connectivity index (χ0) is 24.6. The second-order valence-corrected chi connectivity index (χ2v) is 9.92. The summed E-state index contributed by atoms with van der Waals surface area (Å²) >= 11 is 6.33. The van der Waals surface area contributed by atoms with Crippen LogP contribution in [-0.2, 0) is 16.7 Å². The van der Waals surface area contributed by atoms with Gasteiger partial charge in [-0.05, 0) is 62.4 Å². The van der Waals surface area contributed by atoms with Crippen molar-refractivity contribution in [2.75, 3.05) is 0 Å². The molecule has 11 heteroatoms. The van der Waals surface area contributed by atoms with Crippen LogP contribution >= 0.6 is 11.6 Å². The third kappa shape index (κ3) is 5.17. The predicted molar refractivity (Wildman–Crippen MR) is 116 cm³/mol. The monoisotopic (exact) mass is 492 g/mol. The van der Waals surface area contributed by atoms with Crippen molar-refractivity contribution in [2.45, 2.75) is 53.6 Å². The van der Waals surface area contributed by atoms with Crippen molar-refractivity contribution in [3.05, 3.63) is 51.2 Å². The van der Waals surface area contributed by atoms with Crippen LogP contribution in [-0.4, -0.2) is 29.5 Å². The Hall–Kier alpha value is -2.33. The van der Waals surface area contributed by atoms with Crippen LogP contribution in [0.2, 0.25) is 5.02 Å². The minimum atomic E-state index is -6.01. The number of alkyl halides is 3. The lowest BCUT2D eigenvalue weighted by Gasteiger charge is -2.16. The molecule has 0 aliphatic carbocycles. The number of halogens is 4. The van der Waals surface area contributed by atoms with Crippen LogP contribution in [0.1, 0.15) is 61.7 Å². The van der Waals surface area contributed by atoms with E-state index in [9.17, 15) is 26.4 Å². The fourth-order valence-electron chi connectivity index (χ4n) is 3.02. The molecular weight excluding hydrogens is 469 g/mol. The molecule has 1 aromatic carbocycles. The summed E-state index contributed by atoms with van der Waals surface area (Å²) in [5, 5.41) is 4.31. The molecule has 2 rings (SSSR count). The highest BCUT2D eigenvalue weighted by Crippen LogP contribution is 2.35. The van der Waals surface area contributed by atoms with Crippen molar-refractivity contribution in [3.8, 4) is 5.88 Å². The van der Waals surface area contributed by atoms with Crippen molar-refractivity contribution >= 4 is 33.1 Å². The van der Waals surface area contributed by atoms with E-state index < -0.39 is 32.9 Å². The summed E-state index contributed by atoms with van der Waals surface area (Å²) in [6.07, 6.45) is 1.01. The van der Waals surface area contributed by atoms with Crippen molar-refractivity contribution in [2.24, 2.45) is 5.92 Å². The van der Waals surface area contributed by atoms with Gasteiger partial charge in [-0.1, -0.05) is 31.0 Å². The van der Waals surface area contributed by atoms with E-state index in [0.717, 1.165) is 22.0 Å². The average molecular weight is 493 g/mol. The van der Waals surface area contributed by atoms with Gasteiger partial charge in [0.1, 0.15) is 5.56 Å². The molecule has 0 aliphatic rings. The van der Waals surface area contributed by atoms with Crippen LogP contribution in [0, 0.1) is 12.8 Å². The van der Waals surface area contributed by atoms with E-state index in [2.05, 4.69) is 9.28 Å². The van der Waals surface area contributed by atoms with Gasteiger partial charge >= 0.3 is 15.6 Å². The molecule has 0 aliphatic heterocycles. The molecule has 1 aromatic heterocycles. The van der Waals surface area contributed by atoms with Gasteiger partial charge in [-0.15, -0.1) is 0 Å². The van der Waals surface area contributed by atoms with Gasteiger partial charge in [0, 0.05) is 17.1 Å². The zero-order valence-electron chi connectivity index (χ0n) is 18.5. The maximum atomic E-state index is 13.3. The standard InChI is InChI=1S/C21H24ClF3N2O4S/c1-11(2)10-27-20(31-32(29,30)21(23,24)25)16(9-26-27)19(28)15-7-8-17(22)18(14(15)6)13(5)12(3)4/h7-9,11H,10H2,1-6H3. The normalized spacial score (nSPS) is 12.2. The maximum absolute atomic E-state index is 13.3. The molecule has 0 N–H and O–H groups in total. The van der Waals surface area contributed by atoms with Gasteiger partial charge in [0.25, 0.3) is 0 Å². The van der Waals surface area contributed by atoms with E-state index in [1.165, 1.54) is 12.1 Å². The number of carbonyl (C=O) groups excluding carboxylic acids is 1. The average Bonchev–Trinajstić information content (AvgIpc) is 3.01. The molecule has 1 heterocycles. The smallest absolute Gasteiger partial charge is 0.355 e. The minimum absolute atomic E-state index is 0.0394. The first-order valence-corrected chi connectivity index (χ1v) is 11.4. The molecule has 0 atom stereocenters. The molecule has 0 fully saturated rings. The van der Waals surface area contributed by atoms with Crippen LogP contribution in [0.25, 0.3) is 5.57 Å². The molecule has 0 unspecified atom stereocenters. The first-order valence-electron chi connectivity index (χ1n) is 9.63. The molecule has 0 spiro atoms. The number of carbonyl (C=O) groups is 1. The Morgan fingerprint density at radius 1 is 1.19 bits per heavy atom. The number of hydrogen-bond donors (Lipinski definition) is 0. The molecule has 2 aromatic rings. The van der Waals surface area contributed by atoms with Crippen LogP contribution in [0.15, 0.2) is 23.9 Å². The van der Waals surface area contributed by atoms with E-state index in [0.29, 0.717) is 16.1 Å². The Labute approximate surface area is 190 Å². The Bertz CT molecular complexity index is 1180. The summed E-state index contributed by atoms with van der Waals surface area (Å²) < 4.78 is 67.5. The van der Waals surface area contributed by atoms with Crippen molar-refractivity contribution in [1.29, 1.82) is 0 Å². The quantitative estimate of drug-likeness (QED) is 0.278. The summed E-state index contributed by atoms with van der Waals surface area (Å²) in [7, 11) is -6.01. The fraction of sp³-hybridized carbons (Fsp3) is 0.429. The van der Waals surface area contributed by atoms with Crippen LogP contribution < -0.4 is 4.18 Å². The Morgan fingerprint density at radius 2 is 1.78 bits per heavy atom. The number of rotatable bonds is 7. The maximum Gasteiger partial charge on any atom is 0.534 e. The van der Waals surface area contributed by atoms with Gasteiger partial charge < -0.3 is 4.18 Å². The van der Waals surface area contributed by atoms with Crippen LogP contribution in [0.3, 0.4) is 0 Å². The van der Waals surface area contributed by atoms with Crippen molar-refractivity contribution < 1.29 is 30.6 Å². The van der Waals surface area contributed by atoms with Gasteiger partial charge in [0.05, 0.1) is 6.20 Å². The highest BCUT2D eigenvalue weighted by Gasteiger charge is 2.49. The second kappa shape index (κ2) is 9.27. The number of benzene rings is 1. The number of ketones is 1. The highest BCUT2D eigenvalue weighted by atomic mass is 35.5. The largest absolute Gasteiger partial charge is 0.534 e. The number of nitrogens with zero attached hydrogens (tertiary/aromatic N) is 2. The zero-order valence-corrected chi connectivity index (χ0v) is 20.0. The van der Waals surface area contributed by atoms with E-state index in [4.69, 9.17) is 11.6 Å². The predicted octanol–water partition coefficient (Wildman–Crippen LogP) is 5.77. The summed E-state index contributed by atoms with van der Waals surface area (Å²) in [4.78, 5) is 13.3. The fourth-order valence-corrected chi connectivity index (χ4v) is 3.85. The van der Waals surface area contributed by atoms with E-state index in [1.54, 1.807) is 20.8 Å². The highest BCUT2D eigenvalue weighted by molar-refractivity contribution is 7.88. The molecule has 0 amide bonds.